The summed E-state index contributed by atoms with van der Waals surface area (Å²) in [5.74, 6) is -1.70. The van der Waals surface area contributed by atoms with Crippen molar-refractivity contribution in [3.8, 4) is 0 Å². The molecule has 0 saturated carbocycles. The van der Waals surface area contributed by atoms with Crippen molar-refractivity contribution >= 4 is 21.9 Å². The molecule has 118 valence electrons. The number of sulfonamides is 1. The number of nitrogens with one attached hydrogen (secondary N) is 2. The highest BCUT2D eigenvalue weighted by atomic mass is 32.2. The average molecular weight is 317 g/mol. The Morgan fingerprint density at radius 3 is 2.38 bits per heavy atom. The summed E-state index contributed by atoms with van der Waals surface area (Å²) in [5.41, 5.74) is -0.701. The number of aromatic carboxylic acids is 1. The van der Waals surface area contributed by atoms with Gasteiger partial charge in [-0.3, -0.25) is 4.79 Å². The van der Waals surface area contributed by atoms with E-state index < -0.39 is 27.4 Å². The van der Waals surface area contributed by atoms with E-state index in [2.05, 4.69) is 10.3 Å². The van der Waals surface area contributed by atoms with E-state index in [4.69, 9.17) is 5.11 Å². The van der Waals surface area contributed by atoms with Crippen molar-refractivity contribution < 1.29 is 23.1 Å². The van der Waals surface area contributed by atoms with Gasteiger partial charge in [0.1, 0.15) is 10.6 Å². The fourth-order valence-corrected chi connectivity index (χ4v) is 2.69. The Morgan fingerprint density at radius 2 is 1.95 bits per heavy atom. The molecule has 0 saturated heterocycles. The summed E-state index contributed by atoms with van der Waals surface area (Å²) in [6.07, 6.45) is 1.08. The number of aromatic nitrogens is 1. The van der Waals surface area contributed by atoms with Gasteiger partial charge in [0.05, 0.1) is 6.54 Å². The predicted molar refractivity (Wildman–Crippen MR) is 75.5 cm³/mol. The van der Waals surface area contributed by atoms with Crippen molar-refractivity contribution in [2.24, 2.45) is 0 Å². The van der Waals surface area contributed by atoms with E-state index in [-0.39, 0.29) is 17.1 Å². The molecule has 0 spiro atoms. The smallest absolute Gasteiger partial charge is 0.352 e. The number of nitrogens with zero attached hydrogens (tertiary/aromatic N) is 1. The Morgan fingerprint density at radius 1 is 1.38 bits per heavy atom. The average Bonchev–Trinajstić information content (AvgIpc) is 2.75. The molecule has 0 unspecified atom stereocenters. The summed E-state index contributed by atoms with van der Waals surface area (Å²) in [7, 11) is -2.67. The minimum Gasteiger partial charge on any atom is -0.477 e. The SMILES string of the molecule is CN(CC(=O)NC(C)(C)C)S(=O)(=O)c1c[nH]c(C(=O)O)c1. The second kappa shape index (κ2) is 5.86. The number of carbonyl (C=O) groups is 2. The predicted octanol–water partition coefficient (Wildman–Crippen LogP) is 0.248. The summed E-state index contributed by atoms with van der Waals surface area (Å²) >= 11 is 0. The number of hydrogen-bond donors (Lipinski definition) is 3. The van der Waals surface area contributed by atoms with E-state index in [9.17, 15) is 18.0 Å². The van der Waals surface area contributed by atoms with Crippen LogP contribution in [0.1, 0.15) is 31.3 Å². The van der Waals surface area contributed by atoms with Gasteiger partial charge in [-0.2, -0.15) is 4.31 Å². The number of hydrogen-bond acceptors (Lipinski definition) is 4. The summed E-state index contributed by atoms with van der Waals surface area (Å²) in [6, 6.07) is 1.01. The van der Waals surface area contributed by atoms with Crippen LogP contribution in [-0.4, -0.2) is 53.8 Å². The van der Waals surface area contributed by atoms with Gasteiger partial charge < -0.3 is 15.4 Å². The van der Waals surface area contributed by atoms with Gasteiger partial charge in [0, 0.05) is 18.8 Å². The number of rotatable bonds is 5. The molecule has 1 heterocycles. The molecule has 0 radical (unpaired) electrons. The Balaban J connectivity index is 2.86. The number of carbonyl (C=O) groups excluding carboxylic acids is 1. The highest BCUT2D eigenvalue weighted by molar-refractivity contribution is 7.89. The third-order valence-corrected chi connectivity index (χ3v) is 4.26. The summed E-state index contributed by atoms with van der Waals surface area (Å²) in [4.78, 5) is 24.6. The van der Waals surface area contributed by atoms with E-state index >= 15 is 0 Å². The van der Waals surface area contributed by atoms with Gasteiger partial charge in [-0.1, -0.05) is 0 Å². The van der Waals surface area contributed by atoms with Crippen LogP contribution in [0.4, 0.5) is 0 Å². The van der Waals surface area contributed by atoms with Crippen molar-refractivity contribution in [1.29, 1.82) is 0 Å². The minimum absolute atomic E-state index is 0.203. The molecule has 0 aliphatic heterocycles. The zero-order valence-electron chi connectivity index (χ0n) is 12.3. The largest absolute Gasteiger partial charge is 0.477 e. The van der Waals surface area contributed by atoms with E-state index in [1.807, 2.05) is 0 Å². The molecule has 3 N–H and O–H groups in total. The van der Waals surface area contributed by atoms with Crippen LogP contribution in [-0.2, 0) is 14.8 Å². The van der Waals surface area contributed by atoms with Crippen molar-refractivity contribution in [3.05, 3.63) is 18.0 Å². The van der Waals surface area contributed by atoms with Crippen LogP contribution in [0.5, 0.6) is 0 Å². The molecule has 0 bridgehead atoms. The van der Waals surface area contributed by atoms with Crippen LogP contribution in [0.2, 0.25) is 0 Å². The second-order valence-corrected chi connectivity index (χ2v) is 7.66. The lowest BCUT2D eigenvalue weighted by atomic mass is 10.1. The lowest BCUT2D eigenvalue weighted by Crippen LogP contribution is -2.46. The molecule has 1 aromatic heterocycles. The number of amides is 1. The first-order valence-electron chi connectivity index (χ1n) is 6.12. The van der Waals surface area contributed by atoms with Gasteiger partial charge >= 0.3 is 5.97 Å². The Bertz CT molecular complexity index is 642. The van der Waals surface area contributed by atoms with Crippen LogP contribution in [0.3, 0.4) is 0 Å². The lowest BCUT2D eigenvalue weighted by molar-refractivity contribution is -0.122. The van der Waals surface area contributed by atoms with Crippen molar-refractivity contribution in [3.63, 3.8) is 0 Å². The third-order valence-electron chi connectivity index (χ3n) is 2.48. The molecule has 0 fully saturated rings. The second-order valence-electron chi connectivity index (χ2n) is 5.61. The highest BCUT2D eigenvalue weighted by Crippen LogP contribution is 2.15. The van der Waals surface area contributed by atoms with E-state index in [1.54, 1.807) is 20.8 Å². The molecule has 8 nitrogen and oxygen atoms in total. The van der Waals surface area contributed by atoms with Gasteiger partial charge in [0.25, 0.3) is 0 Å². The normalized spacial score (nSPS) is 12.4. The van der Waals surface area contributed by atoms with Crippen molar-refractivity contribution in [2.75, 3.05) is 13.6 Å². The molecule has 0 aliphatic rings. The van der Waals surface area contributed by atoms with Gasteiger partial charge in [-0.05, 0) is 26.8 Å². The standard InChI is InChI=1S/C12H19N3O5S/c1-12(2,3)14-10(16)7-15(4)21(19,20)8-5-9(11(17)18)13-6-8/h5-6,13H,7H2,1-4H3,(H,14,16)(H,17,18). The quantitative estimate of drug-likeness (QED) is 0.719. The number of carboxylic acids is 1. The highest BCUT2D eigenvalue weighted by Gasteiger charge is 2.26. The first kappa shape index (κ1) is 17.2. The maximum absolute atomic E-state index is 12.2. The zero-order valence-corrected chi connectivity index (χ0v) is 13.1. The molecular weight excluding hydrogens is 298 g/mol. The molecule has 0 aliphatic carbocycles. The molecule has 1 rings (SSSR count). The van der Waals surface area contributed by atoms with E-state index in [0.29, 0.717) is 0 Å². The number of likely N-dealkylation sites (N-methyl/N-ethyl adjacent to an activating group) is 1. The lowest BCUT2D eigenvalue weighted by Gasteiger charge is -2.23. The Hall–Kier alpha value is -1.87. The Labute approximate surface area is 123 Å². The fourth-order valence-electron chi connectivity index (χ4n) is 1.57. The molecule has 0 aromatic carbocycles. The van der Waals surface area contributed by atoms with Crippen LogP contribution in [0.25, 0.3) is 0 Å². The van der Waals surface area contributed by atoms with Gasteiger partial charge in [-0.25, -0.2) is 13.2 Å². The summed E-state index contributed by atoms with van der Waals surface area (Å²) < 4.78 is 25.3. The summed E-state index contributed by atoms with van der Waals surface area (Å²) in [5, 5.41) is 11.4. The number of H-pyrrole nitrogens is 1. The van der Waals surface area contributed by atoms with Crippen LogP contribution in [0, 0.1) is 0 Å². The molecule has 1 amide bonds. The zero-order chi connectivity index (χ0) is 16.4. The number of aromatic amines is 1. The fraction of sp³-hybridized carbons (Fsp3) is 0.500. The van der Waals surface area contributed by atoms with Gasteiger partial charge in [0.2, 0.25) is 15.9 Å². The van der Waals surface area contributed by atoms with E-state index in [1.165, 1.54) is 7.05 Å². The maximum Gasteiger partial charge on any atom is 0.352 e. The van der Waals surface area contributed by atoms with Crippen molar-refractivity contribution in [1.82, 2.24) is 14.6 Å². The molecule has 21 heavy (non-hydrogen) atoms. The van der Waals surface area contributed by atoms with E-state index in [0.717, 1.165) is 16.6 Å². The topological polar surface area (TPSA) is 120 Å². The first-order chi connectivity index (χ1) is 9.43. The van der Waals surface area contributed by atoms with Crippen LogP contribution >= 0.6 is 0 Å². The minimum atomic E-state index is -3.92. The molecule has 0 atom stereocenters. The third kappa shape index (κ3) is 4.57. The Kier molecular flexibility index (Phi) is 4.79. The molecule has 9 heteroatoms. The van der Waals surface area contributed by atoms with Gasteiger partial charge in [-0.15, -0.1) is 0 Å². The maximum atomic E-state index is 12.2. The first-order valence-corrected chi connectivity index (χ1v) is 7.56. The molecule has 1 aromatic rings. The van der Waals surface area contributed by atoms with Crippen LogP contribution in [0.15, 0.2) is 17.2 Å². The summed E-state index contributed by atoms with van der Waals surface area (Å²) in [6.45, 7) is 4.99. The van der Waals surface area contributed by atoms with Crippen molar-refractivity contribution in [2.45, 2.75) is 31.2 Å². The van der Waals surface area contributed by atoms with Crippen LogP contribution < -0.4 is 5.32 Å². The number of carboxylic acid groups (broad SMARTS) is 1. The molecular formula is C12H19N3O5S. The monoisotopic (exact) mass is 317 g/mol. The van der Waals surface area contributed by atoms with Gasteiger partial charge in [0.15, 0.2) is 0 Å².